The molecule has 1 heterocycles. The van der Waals surface area contributed by atoms with Crippen LogP contribution in [0.3, 0.4) is 0 Å². The molecule has 0 unspecified atom stereocenters. The molecule has 0 saturated carbocycles. The molecule has 0 saturated heterocycles. The van der Waals surface area contributed by atoms with Crippen LogP contribution in [0, 0.1) is 6.92 Å². The Bertz CT molecular complexity index is 665. The third-order valence-electron chi connectivity index (χ3n) is 3.28. The van der Waals surface area contributed by atoms with Crippen LogP contribution in [0.4, 0.5) is 0 Å². The molecule has 0 radical (unpaired) electrons. The predicted molar refractivity (Wildman–Crippen MR) is 97.8 cm³/mol. The fourth-order valence-electron chi connectivity index (χ4n) is 2.03. The van der Waals surface area contributed by atoms with E-state index >= 15 is 0 Å². The molecule has 1 aromatic carbocycles. The summed E-state index contributed by atoms with van der Waals surface area (Å²) in [6, 6.07) is 7.64. The second-order valence-corrected chi connectivity index (χ2v) is 6.42. The maximum atomic E-state index is 11.8. The topological polar surface area (TPSA) is 63.6 Å². The molecule has 1 N–H and O–H groups in total. The molecule has 0 aliphatic heterocycles. The molecule has 24 heavy (non-hydrogen) atoms. The summed E-state index contributed by atoms with van der Waals surface area (Å²) < 4.78 is 5.65. The standard InChI is InChI=1S/C18H23N3O2S/c1-3-4-5-10-23-16-8-6-15(7-9-16)12-19-21-17(22)11-18-20-14(2)13-24-18/h6-9,12-13H,3-5,10-11H2,1-2H3,(H,21,22)/b19-12-. The molecule has 2 aromatic rings. The van der Waals surface area contributed by atoms with Gasteiger partial charge in [0.2, 0.25) is 5.91 Å². The van der Waals surface area contributed by atoms with Crippen molar-refractivity contribution >= 4 is 23.5 Å². The van der Waals surface area contributed by atoms with Gasteiger partial charge in [0.15, 0.2) is 0 Å². The lowest BCUT2D eigenvalue weighted by atomic mass is 10.2. The number of nitrogens with zero attached hydrogens (tertiary/aromatic N) is 2. The minimum absolute atomic E-state index is 0.170. The summed E-state index contributed by atoms with van der Waals surface area (Å²) in [7, 11) is 0. The number of aromatic nitrogens is 1. The summed E-state index contributed by atoms with van der Waals surface area (Å²) in [6.07, 6.45) is 5.31. The Hall–Kier alpha value is -2.21. The maximum Gasteiger partial charge on any atom is 0.246 e. The SMILES string of the molecule is CCCCCOc1ccc(/C=N\NC(=O)Cc2nc(C)cs2)cc1. The van der Waals surface area contributed by atoms with Crippen molar-refractivity contribution in [2.75, 3.05) is 6.61 Å². The summed E-state index contributed by atoms with van der Waals surface area (Å²) in [6.45, 7) is 4.83. The van der Waals surface area contributed by atoms with E-state index in [1.807, 2.05) is 36.6 Å². The van der Waals surface area contributed by atoms with E-state index in [0.717, 1.165) is 35.0 Å². The largest absolute Gasteiger partial charge is 0.494 e. The number of carbonyl (C=O) groups excluding carboxylic acids is 1. The number of hydrazone groups is 1. The number of hydrogen-bond donors (Lipinski definition) is 1. The number of thiazole rings is 1. The highest BCUT2D eigenvalue weighted by atomic mass is 32.1. The lowest BCUT2D eigenvalue weighted by molar-refractivity contribution is -0.120. The average Bonchev–Trinajstić information content (AvgIpc) is 2.98. The first-order chi connectivity index (χ1) is 11.7. The molecule has 0 bridgehead atoms. The van der Waals surface area contributed by atoms with Crippen LogP contribution in [0.15, 0.2) is 34.7 Å². The van der Waals surface area contributed by atoms with Crippen LogP contribution >= 0.6 is 11.3 Å². The van der Waals surface area contributed by atoms with Crippen LogP contribution in [0.25, 0.3) is 0 Å². The normalized spacial score (nSPS) is 10.9. The van der Waals surface area contributed by atoms with Crippen LogP contribution in [0.1, 0.15) is 42.5 Å². The number of rotatable bonds is 9. The highest BCUT2D eigenvalue weighted by molar-refractivity contribution is 7.09. The van der Waals surface area contributed by atoms with Crippen LogP contribution in [-0.4, -0.2) is 23.7 Å². The Labute approximate surface area is 146 Å². The van der Waals surface area contributed by atoms with E-state index in [1.54, 1.807) is 6.21 Å². The van der Waals surface area contributed by atoms with Crippen molar-refractivity contribution in [3.05, 3.63) is 45.9 Å². The molecule has 0 spiro atoms. The lowest BCUT2D eigenvalue weighted by Crippen LogP contribution is -2.19. The number of amides is 1. The summed E-state index contributed by atoms with van der Waals surface area (Å²) in [5.74, 6) is 0.683. The van der Waals surface area contributed by atoms with Gasteiger partial charge in [-0.05, 0) is 43.2 Å². The Balaban J connectivity index is 1.74. The van der Waals surface area contributed by atoms with Crippen molar-refractivity contribution in [2.45, 2.75) is 39.5 Å². The van der Waals surface area contributed by atoms with Crippen LogP contribution in [0.5, 0.6) is 5.75 Å². The molecule has 2 rings (SSSR count). The number of aryl methyl sites for hydroxylation is 1. The van der Waals surface area contributed by atoms with Crippen molar-refractivity contribution < 1.29 is 9.53 Å². The first-order valence-corrected chi connectivity index (χ1v) is 9.01. The third kappa shape index (κ3) is 6.50. The van der Waals surface area contributed by atoms with Crippen molar-refractivity contribution in [2.24, 2.45) is 5.10 Å². The van der Waals surface area contributed by atoms with Crippen molar-refractivity contribution in [3.8, 4) is 5.75 Å². The van der Waals surface area contributed by atoms with Gasteiger partial charge in [-0.3, -0.25) is 4.79 Å². The summed E-state index contributed by atoms with van der Waals surface area (Å²) in [4.78, 5) is 16.0. The van der Waals surface area contributed by atoms with E-state index in [0.29, 0.717) is 0 Å². The van der Waals surface area contributed by atoms with Crippen molar-refractivity contribution in [1.29, 1.82) is 0 Å². The molecule has 1 aromatic heterocycles. The highest BCUT2D eigenvalue weighted by Crippen LogP contribution is 2.12. The van der Waals surface area contributed by atoms with E-state index < -0.39 is 0 Å². The average molecular weight is 345 g/mol. The van der Waals surface area contributed by atoms with Gasteiger partial charge < -0.3 is 4.74 Å². The smallest absolute Gasteiger partial charge is 0.246 e. The maximum absolute atomic E-state index is 11.8. The molecule has 5 nitrogen and oxygen atoms in total. The fourth-order valence-corrected chi connectivity index (χ4v) is 2.80. The summed E-state index contributed by atoms with van der Waals surface area (Å²) in [5.41, 5.74) is 4.36. The second-order valence-electron chi connectivity index (χ2n) is 5.48. The van der Waals surface area contributed by atoms with Gasteiger partial charge in [-0.2, -0.15) is 5.10 Å². The number of unbranched alkanes of at least 4 members (excludes halogenated alkanes) is 2. The quantitative estimate of drug-likeness (QED) is 0.428. The molecule has 128 valence electrons. The zero-order valence-electron chi connectivity index (χ0n) is 14.1. The molecular formula is C18H23N3O2S. The van der Waals surface area contributed by atoms with E-state index in [-0.39, 0.29) is 12.3 Å². The highest BCUT2D eigenvalue weighted by Gasteiger charge is 2.05. The molecule has 0 aliphatic rings. The number of hydrogen-bond acceptors (Lipinski definition) is 5. The van der Waals surface area contributed by atoms with Gasteiger partial charge in [-0.1, -0.05) is 19.8 Å². The molecule has 0 aliphatic carbocycles. The number of nitrogens with one attached hydrogen (secondary N) is 1. The van der Waals surface area contributed by atoms with E-state index in [1.165, 1.54) is 24.2 Å². The van der Waals surface area contributed by atoms with Gasteiger partial charge in [0, 0.05) is 11.1 Å². The Morgan fingerprint density at radius 2 is 2.12 bits per heavy atom. The lowest BCUT2D eigenvalue weighted by Gasteiger charge is -2.05. The molecule has 0 atom stereocenters. The fraction of sp³-hybridized carbons (Fsp3) is 0.389. The second kappa shape index (κ2) is 9.82. The number of ether oxygens (including phenoxy) is 1. The van der Waals surface area contributed by atoms with E-state index in [2.05, 4.69) is 22.4 Å². The van der Waals surface area contributed by atoms with Gasteiger partial charge in [0.25, 0.3) is 0 Å². The Kier molecular flexibility index (Phi) is 7.42. The monoisotopic (exact) mass is 345 g/mol. The summed E-state index contributed by atoms with van der Waals surface area (Å²) in [5, 5.41) is 6.70. The number of carbonyl (C=O) groups is 1. The first kappa shape index (κ1) is 18.1. The van der Waals surface area contributed by atoms with Gasteiger partial charge >= 0.3 is 0 Å². The minimum atomic E-state index is -0.170. The minimum Gasteiger partial charge on any atom is -0.494 e. The number of benzene rings is 1. The van der Waals surface area contributed by atoms with Gasteiger partial charge in [0.1, 0.15) is 10.8 Å². The first-order valence-electron chi connectivity index (χ1n) is 8.13. The Morgan fingerprint density at radius 3 is 2.79 bits per heavy atom. The zero-order valence-corrected chi connectivity index (χ0v) is 14.9. The van der Waals surface area contributed by atoms with Crippen LogP contribution in [0.2, 0.25) is 0 Å². The van der Waals surface area contributed by atoms with Gasteiger partial charge in [0.05, 0.1) is 19.2 Å². The third-order valence-corrected chi connectivity index (χ3v) is 4.24. The predicted octanol–water partition coefficient (Wildman–Crippen LogP) is 3.71. The van der Waals surface area contributed by atoms with Gasteiger partial charge in [-0.15, -0.1) is 11.3 Å². The summed E-state index contributed by atoms with van der Waals surface area (Å²) >= 11 is 1.48. The van der Waals surface area contributed by atoms with E-state index in [9.17, 15) is 4.79 Å². The molecule has 0 fully saturated rings. The Morgan fingerprint density at radius 1 is 1.33 bits per heavy atom. The molecular weight excluding hydrogens is 322 g/mol. The molecule has 6 heteroatoms. The van der Waals surface area contributed by atoms with Crippen LogP contribution in [-0.2, 0) is 11.2 Å². The van der Waals surface area contributed by atoms with Gasteiger partial charge in [-0.25, -0.2) is 10.4 Å². The van der Waals surface area contributed by atoms with Crippen molar-refractivity contribution in [1.82, 2.24) is 10.4 Å². The van der Waals surface area contributed by atoms with Crippen LogP contribution < -0.4 is 10.2 Å². The molecule has 1 amide bonds. The van der Waals surface area contributed by atoms with Crippen molar-refractivity contribution in [3.63, 3.8) is 0 Å². The van der Waals surface area contributed by atoms with E-state index in [4.69, 9.17) is 4.74 Å². The zero-order chi connectivity index (χ0) is 17.2.